The van der Waals surface area contributed by atoms with Crippen LogP contribution in [0.15, 0.2) is 89.4 Å². The first-order chi connectivity index (χ1) is 19.8. The molecule has 0 bridgehead atoms. The van der Waals surface area contributed by atoms with Crippen LogP contribution < -0.4 is 4.90 Å². The molecule has 7 nitrogen and oxygen atoms in total. The van der Waals surface area contributed by atoms with Gasteiger partial charge in [-0.3, -0.25) is 19.3 Å². The third-order valence-corrected chi connectivity index (χ3v) is 7.91. The zero-order chi connectivity index (χ0) is 28.7. The highest BCUT2D eigenvalue weighted by Gasteiger charge is 2.47. The van der Waals surface area contributed by atoms with Crippen molar-refractivity contribution in [2.45, 2.75) is 12.8 Å². The van der Waals surface area contributed by atoms with Crippen molar-refractivity contribution in [3.63, 3.8) is 0 Å². The maximum atomic E-state index is 13.2. The fraction of sp³-hybridized carbons (Fsp3) is 0.156. The molecular weight excluding hydrogens is 591 g/mol. The molecule has 41 heavy (non-hydrogen) atoms. The maximum absolute atomic E-state index is 13.2. The average molecular weight is 613 g/mol. The van der Waals surface area contributed by atoms with Crippen LogP contribution in [0.5, 0.6) is 0 Å². The third-order valence-electron chi connectivity index (χ3n) is 7.42. The van der Waals surface area contributed by atoms with E-state index < -0.39 is 24.2 Å². The number of imide groups is 1. The van der Waals surface area contributed by atoms with Gasteiger partial charge in [-0.15, -0.1) is 0 Å². The Morgan fingerprint density at radius 2 is 1.56 bits per heavy atom. The molecule has 3 aromatic carbocycles. The lowest BCUT2D eigenvalue weighted by Crippen LogP contribution is -2.30. The molecule has 0 radical (unpaired) electrons. The number of benzene rings is 3. The molecule has 1 aliphatic heterocycles. The van der Waals surface area contributed by atoms with E-state index in [0.717, 1.165) is 4.47 Å². The molecule has 2 atom stereocenters. The molecule has 9 heteroatoms. The van der Waals surface area contributed by atoms with Crippen LogP contribution in [0.2, 0.25) is 0 Å². The molecule has 0 saturated carbocycles. The van der Waals surface area contributed by atoms with Crippen molar-refractivity contribution in [1.82, 2.24) is 4.98 Å². The number of nitrogens with zero attached hydrogens (tertiary/aromatic N) is 2. The molecule has 1 aliphatic carbocycles. The summed E-state index contributed by atoms with van der Waals surface area (Å²) in [5, 5.41) is 0.531. The van der Waals surface area contributed by atoms with Gasteiger partial charge >= 0.3 is 5.97 Å². The van der Waals surface area contributed by atoms with Crippen LogP contribution in [-0.4, -0.2) is 35.2 Å². The van der Waals surface area contributed by atoms with E-state index in [1.807, 2.05) is 12.2 Å². The number of hydrogen-bond donors (Lipinski definition) is 0. The number of pyridine rings is 1. The topological polar surface area (TPSA) is 93.6 Å². The van der Waals surface area contributed by atoms with Gasteiger partial charge in [0.1, 0.15) is 5.82 Å². The molecule has 1 aromatic heterocycles. The smallest absolute Gasteiger partial charge is 0.339 e. The Balaban J connectivity index is 1.28. The number of fused-ring (bicyclic) bond motifs is 2. The van der Waals surface area contributed by atoms with Crippen molar-refractivity contribution in [2.75, 3.05) is 11.5 Å². The number of halogens is 2. The number of allylic oxidation sites excluding steroid dienone is 2. The molecule has 2 aliphatic rings. The highest BCUT2D eigenvalue weighted by Crippen LogP contribution is 2.38. The van der Waals surface area contributed by atoms with Crippen LogP contribution in [0, 0.1) is 17.7 Å². The zero-order valence-electron chi connectivity index (χ0n) is 21.6. The second-order valence-electron chi connectivity index (χ2n) is 9.94. The first kappa shape index (κ1) is 26.7. The number of ether oxygens (including phenoxy) is 1. The Hall–Kier alpha value is -4.50. The second-order valence-corrected chi connectivity index (χ2v) is 10.9. The van der Waals surface area contributed by atoms with E-state index in [9.17, 15) is 23.6 Å². The molecule has 4 aromatic rings. The van der Waals surface area contributed by atoms with Crippen LogP contribution in [-0.2, 0) is 14.3 Å². The fourth-order valence-electron chi connectivity index (χ4n) is 5.28. The van der Waals surface area contributed by atoms with Gasteiger partial charge in [0.25, 0.3) is 0 Å². The summed E-state index contributed by atoms with van der Waals surface area (Å²) in [5.74, 6) is -2.67. The van der Waals surface area contributed by atoms with Gasteiger partial charge in [-0.1, -0.05) is 40.2 Å². The summed E-state index contributed by atoms with van der Waals surface area (Å²) < 4.78 is 19.3. The summed E-state index contributed by atoms with van der Waals surface area (Å²) in [6, 6.07) is 18.8. The van der Waals surface area contributed by atoms with Gasteiger partial charge in [-0.2, -0.15) is 0 Å². The van der Waals surface area contributed by atoms with E-state index >= 15 is 0 Å². The zero-order valence-corrected chi connectivity index (χ0v) is 23.1. The van der Waals surface area contributed by atoms with Crippen LogP contribution in [0.3, 0.4) is 0 Å². The van der Waals surface area contributed by atoms with Gasteiger partial charge in [-0.25, -0.2) is 14.2 Å². The van der Waals surface area contributed by atoms with Gasteiger partial charge in [0.15, 0.2) is 12.4 Å². The number of amides is 2. The van der Waals surface area contributed by atoms with Crippen LogP contribution in [0.25, 0.3) is 22.2 Å². The number of carbonyl (C=O) groups is 4. The van der Waals surface area contributed by atoms with Crippen molar-refractivity contribution in [3.8, 4) is 11.3 Å². The molecule has 0 spiro atoms. The fourth-order valence-corrected chi connectivity index (χ4v) is 5.64. The van der Waals surface area contributed by atoms with Crippen molar-refractivity contribution >= 4 is 56.1 Å². The van der Waals surface area contributed by atoms with Crippen LogP contribution in [0.4, 0.5) is 10.1 Å². The van der Waals surface area contributed by atoms with Gasteiger partial charge in [-0.05, 0) is 73.5 Å². The van der Waals surface area contributed by atoms with E-state index in [2.05, 4.69) is 15.9 Å². The Labute approximate surface area is 242 Å². The molecule has 2 amide bonds. The number of aromatic nitrogens is 1. The number of carbonyl (C=O) groups excluding carboxylic acids is 4. The Bertz CT molecular complexity index is 1720. The summed E-state index contributed by atoms with van der Waals surface area (Å²) in [6.07, 6.45) is 5.03. The molecule has 2 heterocycles. The summed E-state index contributed by atoms with van der Waals surface area (Å²) in [7, 11) is 0. The normalized spacial score (nSPS) is 18.0. The quantitative estimate of drug-likeness (QED) is 0.110. The molecule has 0 N–H and O–H groups in total. The van der Waals surface area contributed by atoms with Crippen molar-refractivity contribution in [3.05, 3.63) is 106 Å². The van der Waals surface area contributed by atoms with Gasteiger partial charge in [0.05, 0.1) is 34.3 Å². The summed E-state index contributed by atoms with van der Waals surface area (Å²) in [6.45, 7) is -0.512. The number of ketones is 1. The molecule has 1 saturated heterocycles. The minimum atomic E-state index is -0.715. The second kappa shape index (κ2) is 10.8. The molecule has 0 unspecified atom stereocenters. The molecule has 1 fully saturated rings. The van der Waals surface area contributed by atoms with Crippen LogP contribution in [0.1, 0.15) is 33.6 Å². The van der Waals surface area contributed by atoms with Gasteiger partial charge in [0, 0.05) is 21.0 Å². The Kier molecular flexibility index (Phi) is 7.05. The van der Waals surface area contributed by atoms with E-state index in [1.54, 1.807) is 48.5 Å². The van der Waals surface area contributed by atoms with E-state index in [1.165, 1.54) is 29.2 Å². The predicted octanol–water partition coefficient (Wildman–Crippen LogP) is 6.30. The molecular formula is C32H22BrFN2O5. The first-order valence-corrected chi connectivity index (χ1v) is 13.8. The molecule has 204 valence electrons. The largest absolute Gasteiger partial charge is 0.454 e. The van der Waals surface area contributed by atoms with Gasteiger partial charge < -0.3 is 4.74 Å². The number of rotatable bonds is 6. The lowest BCUT2D eigenvalue weighted by molar-refractivity contribution is -0.122. The van der Waals surface area contributed by atoms with E-state index in [0.29, 0.717) is 40.7 Å². The summed E-state index contributed by atoms with van der Waals surface area (Å²) >= 11 is 3.42. The average Bonchev–Trinajstić information content (AvgIpc) is 3.25. The number of esters is 1. The van der Waals surface area contributed by atoms with Crippen LogP contribution >= 0.6 is 15.9 Å². The number of Topliss-reactive ketones (excluding diaryl/α,β-unsaturated/α-hetero) is 1. The first-order valence-electron chi connectivity index (χ1n) is 13.0. The SMILES string of the molecule is O=C(COC(=O)c1cc(-c2ccc(N3C(=O)[C@H]4CC=CC[C@@H]4C3=O)cc2)nc2ccc(Br)cc12)c1ccc(F)cc1. The minimum Gasteiger partial charge on any atom is -0.454 e. The Morgan fingerprint density at radius 3 is 2.22 bits per heavy atom. The molecule has 6 rings (SSSR count). The van der Waals surface area contributed by atoms with E-state index in [4.69, 9.17) is 9.72 Å². The van der Waals surface area contributed by atoms with Crippen molar-refractivity contribution < 1.29 is 28.3 Å². The highest BCUT2D eigenvalue weighted by molar-refractivity contribution is 9.10. The number of anilines is 1. The lowest BCUT2D eigenvalue weighted by Gasteiger charge is -2.15. The predicted molar refractivity (Wildman–Crippen MR) is 154 cm³/mol. The maximum Gasteiger partial charge on any atom is 0.339 e. The Morgan fingerprint density at radius 1 is 0.902 bits per heavy atom. The van der Waals surface area contributed by atoms with E-state index in [-0.39, 0.29) is 34.8 Å². The summed E-state index contributed by atoms with van der Waals surface area (Å²) in [5.41, 5.74) is 2.60. The van der Waals surface area contributed by atoms with Crippen molar-refractivity contribution in [2.24, 2.45) is 11.8 Å². The monoisotopic (exact) mass is 612 g/mol. The summed E-state index contributed by atoms with van der Waals surface area (Å²) in [4.78, 5) is 57.6. The standard InChI is InChI=1S/C32H22BrFN2O5/c33-20-9-14-27-25(15-20)26(32(40)41-17-29(37)19-5-10-21(34)11-6-19)16-28(35-27)18-7-12-22(13-8-18)36-30(38)23-3-1-2-4-24(23)31(36)39/h1-2,5-16,23-24H,3-4,17H2/t23-,24-/m0/s1. The highest BCUT2D eigenvalue weighted by atomic mass is 79.9. The van der Waals surface area contributed by atoms with Gasteiger partial charge in [0.2, 0.25) is 11.8 Å². The minimum absolute atomic E-state index is 0.188. The van der Waals surface area contributed by atoms with Crippen molar-refractivity contribution in [1.29, 1.82) is 0 Å². The third kappa shape index (κ3) is 5.09. The lowest BCUT2D eigenvalue weighted by atomic mass is 9.85. The number of hydrogen-bond acceptors (Lipinski definition) is 6.